The SMILES string of the molecule is OCCOC1CCC(OC2CCC(F)CC2)CC1. The molecule has 0 unspecified atom stereocenters. The van der Waals surface area contributed by atoms with E-state index in [-0.39, 0.29) is 12.7 Å². The molecule has 2 saturated carbocycles. The Balaban J connectivity index is 1.61. The van der Waals surface area contributed by atoms with Crippen molar-refractivity contribution in [1.29, 1.82) is 0 Å². The van der Waals surface area contributed by atoms with Crippen LogP contribution in [0.4, 0.5) is 4.39 Å². The molecule has 2 rings (SSSR count). The number of aliphatic hydroxyl groups excluding tert-OH is 1. The monoisotopic (exact) mass is 260 g/mol. The summed E-state index contributed by atoms with van der Waals surface area (Å²) in [5.41, 5.74) is 0. The van der Waals surface area contributed by atoms with Gasteiger partial charge in [-0.3, -0.25) is 0 Å². The average Bonchev–Trinajstić information content (AvgIpc) is 2.41. The number of halogens is 1. The molecule has 2 aliphatic carbocycles. The van der Waals surface area contributed by atoms with Gasteiger partial charge in [0.1, 0.15) is 6.17 Å². The van der Waals surface area contributed by atoms with E-state index in [1.807, 2.05) is 0 Å². The highest BCUT2D eigenvalue weighted by Crippen LogP contribution is 2.29. The first-order chi connectivity index (χ1) is 8.78. The van der Waals surface area contributed by atoms with Crippen LogP contribution in [0, 0.1) is 0 Å². The lowest BCUT2D eigenvalue weighted by Crippen LogP contribution is -2.32. The van der Waals surface area contributed by atoms with Gasteiger partial charge in [0, 0.05) is 0 Å². The van der Waals surface area contributed by atoms with Crippen LogP contribution in [0.1, 0.15) is 51.4 Å². The third-order valence-corrected chi connectivity index (χ3v) is 4.05. The number of alkyl halides is 1. The quantitative estimate of drug-likeness (QED) is 0.826. The van der Waals surface area contributed by atoms with Gasteiger partial charge in [0.2, 0.25) is 0 Å². The van der Waals surface area contributed by atoms with E-state index < -0.39 is 6.17 Å². The maximum Gasteiger partial charge on any atom is 0.100 e. The first-order valence-corrected chi connectivity index (χ1v) is 7.30. The van der Waals surface area contributed by atoms with E-state index in [9.17, 15) is 4.39 Å². The Morgan fingerprint density at radius 3 is 1.89 bits per heavy atom. The van der Waals surface area contributed by atoms with Gasteiger partial charge in [0.15, 0.2) is 0 Å². The van der Waals surface area contributed by atoms with Crippen molar-refractivity contribution in [3.8, 4) is 0 Å². The van der Waals surface area contributed by atoms with Gasteiger partial charge >= 0.3 is 0 Å². The molecule has 0 saturated heterocycles. The molecule has 0 amide bonds. The van der Waals surface area contributed by atoms with Crippen LogP contribution in [-0.4, -0.2) is 42.8 Å². The first kappa shape index (κ1) is 14.2. The number of aliphatic hydroxyl groups is 1. The van der Waals surface area contributed by atoms with E-state index in [4.69, 9.17) is 14.6 Å². The van der Waals surface area contributed by atoms with Gasteiger partial charge in [0.25, 0.3) is 0 Å². The van der Waals surface area contributed by atoms with Crippen LogP contribution in [0.25, 0.3) is 0 Å². The molecule has 0 aromatic carbocycles. The predicted octanol–water partition coefficient (Wildman–Crippen LogP) is 2.60. The summed E-state index contributed by atoms with van der Waals surface area (Å²) in [4.78, 5) is 0. The lowest BCUT2D eigenvalue weighted by atomic mass is 9.93. The standard InChI is InChI=1S/C14H25FO3/c15-11-1-3-13(4-2-11)18-14-7-5-12(6-8-14)17-10-9-16/h11-14,16H,1-10H2. The molecule has 0 aromatic rings. The third-order valence-electron chi connectivity index (χ3n) is 4.05. The fourth-order valence-electron chi connectivity index (χ4n) is 2.98. The van der Waals surface area contributed by atoms with Crippen molar-refractivity contribution >= 4 is 0 Å². The molecule has 0 bridgehead atoms. The fraction of sp³-hybridized carbons (Fsp3) is 1.00. The van der Waals surface area contributed by atoms with Crippen LogP contribution in [0.2, 0.25) is 0 Å². The Morgan fingerprint density at radius 1 is 0.833 bits per heavy atom. The molecule has 3 nitrogen and oxygen atoms in total. The highest BCUT2D eigenvalue weighted by Gasteiger charge is 2.27. The summed E-state index contributed by atoms with van der Waals surface area (Å²) in [5, 5.41) is 8.71. The summed E-state index contributed by atoms with van der Waals surface area (Å²) in [6.45, 7) is 0.541. The van der Waals surface area contributed by atoms with Crippen LogP contribution in [0.15, 0.2) is 0 Å². The molecule has 2 fully saturated rings. The second kappa shape index (κ2) is 7.41. The smallest absolute Gasteiger partial charge is 0.100 e. The molecule has 0 radical (unpaired) electrons. The average molecular weight is 260 g/mol. The summed E-state index contributed by atoms with van der Waals surface area (Å²) >= 11 is 0. The van der Waals surface area contributed by atoms with Crippen molar-refractivity contribution in [2.24, 2.45) is 0 Å². The van der Waals surface area contributed by atoms with Crippen molar-refractivity contribution in [3.05, 3.63) is 0 Å². The van der Waals surface area contributed by atoms with E-state index in [0.29, 0.717) is 31.7 Å². The topological polar surface area (TPSA) is 38.7 Å². The molecule has 18 heavy (non-hydrogen) atoms. The van der Waals surface area contributed by atoms with Gasteiger partial charge in [-0.05, 0) is 51.4 Å². The second-order valence-electron chi connectivity index (χ2n) is 5.50. The summed E-state index contributed by atoms with van der Waals surface area (Å²) in [7, 11) is 0. The fourth-order valence-corrected chi connectivity index (χ4v) is 2.98. The lowest BCUT2D eigenvalue weighted by molar-refractivity contribution is -0.0786. The number of hydrogen-bond acceptors (Lipinski definition) is 3. The minimum absolute atomic E-state index is 0.100. The molecule has 1 N–H and O–H groups in total. The van der Waals surface area contributed by atoms with E-state index in [0.717, 1.165) is 38.5 Å². The zero-order valence-electron chi connectivity index (χ0n) is 11.0. The number of hydrogen-bond donors (Lipinski definition) is 1. The summed E-state index contributed by atoms with van der Waals surface area (Å²) in [6.07, 6.45) is 7.48. The normalized spacial score (nSPS) is 37.7. The zero-order valence-corrected chi connectivity index (χ0v) is 11.0. The summed E-state index contributed by atoms with van der Waals surface area (Å²) < 4.78 is 24.6. The summed E-state index contributed by atoms with van der Waals surface area (Å²) in [6, 6.07) is 0. The Labute approximate surface area is 109 Å². The van der Waals surface area contributed by atoms with Crippen molar-refractivity contribution in [3.63, 3.8) is 0 Å². The van der Waals surface area contributed by atoms with Gasteiger partial charge in [-0.2, -0.15) is 0 Å². The minimum atomic E-state index is -0.604. The van der Waals surface area contributed by atoms with Crippen LogP contribution in [0.5, 0.6) is 0 Å². The van der Waals surface area contributed by atoms with Crippen molar-refractivity contribution < 1.29 is 19.0 Å². The zero-order chi connectivity index (χ0) is 12.8. The maximum atomic E-state index is 13.0. The van der Waals surface area contributed by atoms with Gasteiger partial charge in [-0.15, -0.1) is 0 Å². The second-order valence-corrected chi connectivity index (χ2v) is 5.50. The summed E-state index contributed by atoms with van der Waals surface area (Å²) in [5.74, 6) is 0. The molecule has 4 heteroatoms. The van der Waals surface area contributed by atoms with Gasteiger partial charge in [-0.25, -0.2) is 4.39 Å². The van der Waals surface area contributed by atoms with Crippen LogP contribution in [0.3, 0.4) is 0 Å². The Kier molecular flexibility index (Phi) is 5.86. The van der Waals surface area contributed by atoms with Gasteiger partial charge < -0.3 is 14.6 Å². The molecule has 0 aliphatic heterocycles. The highest BCUT2D eigenvalue weighted by atomic mass is 19.1. The predicted molar refractivity (Wildman–Crippen MR) is 67.3 cm³/mol. The van der Waals surface area contributed by atoms with Gasteiger partial charge in [-0.1, -0.05) is 0 Å². The van der Waals surface area contributed by atoms with Crippen LogP contribution < -0.4 is 0 Å². The Bertz CT molecular complexity index is 221. The van der Waals surface area contributed by atoms with Gasteiger partial charge in [0.05, 0.1) is 31.5 Å². The number of rotatable bonds is 5. The van der Waals surface area contributed by atoms with E-state index in [1.54, 1.807) is 0 Å². The molecule has 106 valence electrons. The van der Waals surface area contributed by atoms with E-state index in [2.05, 4.69) is 0 Å². The Morgan fingerprint density at radius 2 is 1.33 bits per heavy atom. The lowest BCUT2D eigenvalue weighted by Gasteiger charge is -2.33. The van der Waals surface area contributed by atoms with E-state index in [1.165, 1.54) is 0 Å². The Hall–Kier alpha value is -0.190. The van der Waals surface area contributed by atoms with E-state index >= 15 is 0 Å². The molecular weight excluding hydrogens is 235 g/mol. The highest BCUT2D eigenvalue weighted by molar-refractivity contribution is 4.77. The third kappa shape index (κ3) is 4.48. The molecule has 0 atom stereocenters. The van der Waals surface area contributed by atoms with Crippen LogP contribution in [-0.2, 0) is 9.47 Å². The maximum absolute atomic E-state index is 13.0. The van der Waals surface area contributed by atoms with Crippen LogP contribution >= 0.6 is 0 Å². The molecule has 0 spiro atoms. The molecular formula is C14H25FO3. The largest absolute Gasteiger partial charge is 0.394 e. The molecule has 0 heterocycles. The van der Waals surface area contributed by atoms with Crippen molar-refractivity contribution in [2.75, 3.05) is 13.2 Å². The molecule has 0 aromatic heterocycles. The first-order valence-electron chi connectivity index (χ1n) is 7.30. The van der Waals surface area contributed by atoms with Crippen molar-refractivity contribution in [2.45, 2.75) is 75.9 Å². The minimum Gasteiger partial charge on any atom is -0.394 e. The number of ether oxygens (including phenoxy) is 2. The molecule has 2 aliphatic rings. The van der Waals surface area contributed by atoms with Crippen molar-refractivity contribution in [1.82, 2.24) is 0 Å².